The Hall–Kier alpha value is -4.03. The summed E-state index contributed by atoms with van der Waals surface area (Å²) in [5, 5.41) is 15.4. The van der Waals surface area contributed by atoms with E-state index in [1.165, 1.54) is 24.3 Å². The van der Waals surface area contributed by atoms with Crippen molar-refractivity contribution in [1.82, 2.24) is 24.5 Å². The van der Waals surface area contributed by atoms with Gasteiger partial charge in [-0.2, -0.15) is 4.52 Å². The van der Waals surface area contributed by atoms with Crippen LogP contribution in [-0.4, -0.2) is 54.4 Å². The highest BCUT2D eigenvalue weighted by Crippen LogP contribution is 2.22. The van der Waals surface area contributed by atoms with Crippen LogP contribution in [-0.2, 0) is 14.8 Å². The molecule has 0 unspecified atom stereocenters. The third-order valence-corrected chi connectivity index (χ3v) is 6.48. The monoisotopic (exact) mass is 496 g/mol. The van der Waals surface area contributed by atoms with Crippen molar-refractivity contribution in [2.24, 2.45) is 0 Å². The highest BCUT2D eigenvalue weighted by Gasteiger charge is 2.14. The molecule has 4 aromatic rings. The van der Waals surface area contributed by atoms with Gasteiger partial charge in [-0.15, -0.1) is 15.3 Å². The number of benzene rings is 2. The van der Waals surface area contributed by atoms with Crippen LogP contribution >= 0.6 is 0 Å². The Morgan fingerprint density at radius 3 is 2.43 bits per heavy atom. The summed E-state index contributed by atoms with van der Waals surface area (Å²) in [6.45, 7) is 1.83. The number of aromatic nitrogens is 4. The number of methoxy groups -OCH3 is 1. The summed E-state index contributed by atoms with van der Waals surface area (Å²) in [7, 11) is -2.14. The number of fused-ring (bicyclic) bond motifs is 1. The first-order valence-corrected chi connectivity index (χ1v) is 12.3. The second-order valence-electron chi connectivity index (χ2n) is 7.37. The average molecular weight is 497 g/mol. The SMILES string of the molecule is CCC(=O)Nc1ccc(S(=O)(=O)NCCOc2ccc3nnc(-c4ccc(OC)cc4)n3n2)cc1. The van der Waals surface area contributed by atoms with E-state index in [2.05, 4.69) is 25.3 Å². The maximum absolute atomic E-state index is 12.5. The van der Waals surface area contributed by atoms with E-state index in [0.717, 1.165) is 11.3 Å². The molecule has 0 saturated carbocycles. The summed E-state index contributed by atoms with van der Waals surface area (Å²) < 4.78 is 39.9. The number of nitrogens with one attached hydrogen (secondary N) is 2. The maximum Gasteiger partial charge on any atom is 0.240 e. The number of rotatable bonds is 10. The number of nitrogens with zero attached hydrogens (tertiary/aromatic N) is 4. The van der Waals surface area contributed by atoms with Crippen LogP contribution in [0.15, 0.2) is 65.6 Å². The quantitative estimate of drug-likeness (QED) is 0.320. The Morgan fingerprint density at radius 1 is 1.00 bits per heavy atom. The molecule has 12 heteroatoms. The Labute approximate surface area is 202 Å². The van der Waals surface area contributed by atoms with Crippen molar-refractivity contribution in [1.29, 1.82) is 0 Å². The largest absolute Gasteiger partial charge is 0.497 e. The van der Waals surface area contributed by atoms with Crippen molar-refractivity contribution >= 4 is 27.3 Å². The van der Waals surface area contributed by atoms with Gasteiger partial charge in [-0.3, -0.25) is 4.79 Å². The fourth-order valence-electron chi connectivity index (χ4n) is 3.15. The number of ether oxygens (including phenoxy) is 2. The zero-order valence-electron chi connectivity index (χ0n) is 19.1. The summed E-state index contributed by atoms with van der Waals surface area (Å²) in [5.74, 6) is 1.40. The van der Waals surface area contributed by atoms with Gasteiger partial charge >= 0.3 is 0 Å². The lowest BCUT2D eigenvalue weighted by Crippen LogP contribution is -2.28. The predicted molar refractivity (Wildman–Crippen MR) is 129 cm³/mol. The van der Waals surface area contributed by atoms with Crippen LogP contribution in [0.1, 0.15) is 13.3 Å². The molecule has 0 fully saturated rings. The van der Waals surface area contributed by atoms with Crippen molar-refractivity contribution in [3.05, 3.63) is 60.7 Å². The molecule has 2 heterocycles. The van der Waals surface area contributed by atoms with Crippen molar-refractivity contribution < 1.29 is 22.7 Å². The molecule has 0 aliphatic rings. The summed E-state index contributed by atoms with van der Waals surface area (Å²) in [4.78, 5) is 11.5. The van der Waals surface area contributed by atoms with Crippen LogP contribution in [0.25, 0.3) is 17.0 Å². The molecule has 4 rings (SSSR count). The van der Waals surface area contributed by atoms with E-state index in [-0.39, 0.29) is 24.0 Å². The molecule has 2 N–H and O–H groups in total. The lowest BCUT2D eigenvalue weighted by molar-refractivity contribution is -0.115. The predicted octanol–water partition coefficient (Wildman–Crippen LogP) is 2.51. The molecule has 2 aromatic heterocycles. The van der Waals surface area contributed by atoms with Gasteiger partial charge in [-0.1, -0.05) is 6.92 Å². The first kappa shape index (κ1) is 24.1. The second kappa shape index (κ2) is 10.5. The molecular weight excluding hydrogens is 472 g/mol. The van der Waals surface area contributed by atoms with Crippen molar-refractivity contribution in [2.75, 3.05) is 25.6 Å². The molecule has 2 aromatic carbocycles. The number of carbonyl (C=O) groups is 1. The summed E-state index contributed by atoms with van der Waals surface area (Å²) >= 11 is 0. The molecule has 0 aliphatic carbocycles. The van der Waals surface area contributed by atoms with Gasteiger partial charge in [0.2, 0.25) is 21.8 Å². The molecule has 35 heavy (non-hydrogen) atoms. The minimum atomic E-state index is -3.74. The van der Waals surface area contributed by atoms with E-state index < -0.39 is 10.0 Å². The van der Waals surface area contributed by atoms with Gasteiger partial charge in [0.15, 0.2) is 11.5 Å². The van der Waals surface area contributed by atoms with E-state index in [9.17, 15) is 13.2 Å². The smallest absolute Gasteiger partial charge is 0.240 e. The highest BCUT2D eigenvalue weighted by atomic mass is 32.2. The molecule has 0 aliphatic heterocycles. The minimum Gasteiger partial charge on any atom is -0.497 e. The number of hydrogen-bond donors (Lipinski definition) is 2. The van der Waals surface area contributed by atoms with Gasteiger partial charge in [-0.05, 0) is 54.6 Å². The number of hydrogen-bond acceptors (Lipinski definition) is 8. The number of amides is 1. The first-order chi connectivity index (χ1) is 16.9. The normalized spacial score (nSPS) is 11.4. The molecule has 11 nitrogen and oxygen atoms in total. The topological polar surface area (TPSA) is 137 Å². The zero-order valence-corrected chi connectivity index (χ0v) is 19.9. The van der Waals surface area contributed by atoms with Crippen molar-refractivity contribution in [3.8, 4) is 23.0 Å². The Balaban J connectivity index is 1.37. The van der Waals surface area contributed by atoms with Gasteiger partial charge in [0.1, 0.15) is 12.4 Å². The lowest BCUT2D eigenvalue weighted by atomic mass is 10.2. The van der Waals surface area contributed by atoms with Gasteiger partial charge in [0.25, 0.3) is 0 Å². The third kappa shape index (κ3) is 5.73. The van der Waals surface area contributed by atoms with Crippen molar-refractivity contribution in [2.45, 2.75) is 18.2 Å². The Kier molecular flexibility index (Phi) is 7.22. The number of anilines is 1. The molecular formula is C23H24N6O5S. The van der Waals surface area contributed by atoms with E-state index in [4.69, 9.17) is 9.47 Å². The van der Waals surface area contributed by atoms with E-state index >= 15 is 0 Å². The van der Waals surface area contributed by atoms with Crippen molar-refractivity contribution in [3.63, 3.8) is 0 Å². The molecule has 0 saturated heterocycles. The van der Waals surface area contributed by atoms with Crippen LogP contribution in [0.2, 0.25) is 0 Å². The molecule has 182 valence electrons. The average Bonchev–Trinajstić information content (AvgIpc) is 3.30. The molecule has 0 spiro atoms. The van der Waals surface area contributed by atoms with Gasteiger partial charge in [-0.25, -0.2) is 13.1 Å². The number of sulfonamides is 1. The van der Waals surface area contributed by atoms with Crippen LogP contribution < -0.4 is 19.5 Å². The standard InChI is InChI=1S/C23H24N6O5S/c1-3-21(30)25-17-6-10-19(11-7-17)35(31,32)24-14-15-34-22-13-12-20-26-27-23(29(20)28-22)16-4-8-18(33-2)9-5-16/h4-13,24H,3,14-15H2,1-2H3,(H,25,30). The summed E-state index contributed by atoms with van der Waals surface area (Å²) in [6, 6.07) is 16.6. The summed E-state index contributed by atoms with van der Waals surface area (Å²) in [6.07, 6.45) is 0.337. The third-order valence-electron chi connectivity index (χ3n) is 5.00. The first-order valence-electron chi connectivity index (χ1n) is 10.8. The highest BCUT2D eigenvalue weighted by molar-refractivity contribution is 7.89. The van der Waals surface area contributed by atoms with Crippen LogP contribution in [0, 0.1) is 0 Å². The van der Waals surface area contributed by atoms with Gasteiger partial charge < -0.3 is 14.8 Å². The lowest BCUT2D eigenvalue weighted by Gasteiger charge is -2.09. The van der Waals surface area contributed by atoms with Crippen LogP contribution in [0.5, 0.6) is 11.6 Å². The van der Waals surface area contributed by atoms with Gasteiger partial charge in [0, 0.05) is 30.3 Å². The fourth-order valence-corrected chi connectivity index (χ4v) is 4.16. The number of carbonyl (C=O) groups excluding carboxylic acids is 1. The van der Waals surface area contributed by atoms with E-state index in [1.54, 1.807) is 30.7 Å². The molecule has 0 atom stereocenters. The molecule has 0 bridgehead atoms. The minimum absolute atomic E-state index is 0.0316. The van der Waals surface area contributed by atoms with Crippen LogP contribution in [0.4, 0.5) is 5.69 Å². The fraction of sp³-hybridized carbons (Fsp3) is 0.217. The Bertz CT molecular complexity index is 1420. The Morgan fingerprint density at radius 2 is 1.74 bits per heavy atom. The zero-order chi connectivity index (χ0) is 24.8. The van der Waals surface area contributed by atoms with Gasteiger partial charge in [0.05, 0.1) is 12.0 Å². The summed E-state index contributed by atoms with van der Waals surface area (Å²) in [5.41, 5.74) is 1.88. The van der Waals surface area contributed by atoms with E-state index in [1.807, 2.05) is 24.3 Å². The molecule has 0 radical (unpaired) electrons. The van der Waals surface area contributed by atoms with E-state index in [0.29, 0.717) is 29.5 Å². The van der Waals surface area contributed by atoms with Crippen LogP contribution in [0.3, 0.4) is 0 Å². The molecule has 1 amide bonds. The second-order valence-corrected chi connectivity index (χ2v) is 9.13. The maximum atomic E-state index is 12.5.